The molecule has 0 spiro atoms. The molecule has 0 saturated carbocycles. The average molecular weight is 345 g/mol. The highest BCUT2D eigenvalue weighted by Crippen LogP contribution is 2.40. The fraction of sp³-hybridized carbons (Fsp3) is 0.188. The number of aromatic nitrogens is 2. The molecule has 0 amide bonds. The molecule has 0 aliphatic carbocycles. The fourth-order valence-electron chi connectivity index (χ4n) is 2.71. The third kappa shape index (κ3) is 2.71. The number of hydrogen-bond donors (Lipinski definition) is 3. The number of aromatic amines is 2. The molecule has 3 N–H and O–H groups in total. The van der Waals surface area contributed by atoms with Crippen molar-refractivity contribution in [2.45, 2.75) is 12.8 Å². The summed E-state index contributed by atoms with van der Waals surface area (Å²) in [5, 5.41) is 4.78. The van der Waals surface area contributed by atoms with E-state index in [0.717, 1.165) is 4.88 Å². The first-order valence-corrected chi connectivity index (χ1v) is 8.06. The van der Waals surface area contributed by atoms with Gasteiger partial charge in [-0.05, 0) is 18.4 Å². The summed E-state index contributed by atoms with van der Waals surface area (Å²) in [7, 11) is 0. The van der Waals surface area contributed by atoms with Gasteiger partial charge in [0.2, 0.25) is 0 Å². The Morgan fingerprint density at radius 1 is 1.42 bits per heavy atom. The van der Waals surface area contributed by atoms with Crippen LogP contribution in [0.25, 0.3) is 0 Å². The molecule has 8 heteroatoms. The quantitative estimate of drug-likeness (QED) is 0.578. The topological polar surface area (TPSA) is 104 Å². The summed E-state index contributed by atoms with van der Waals surface area (Å²) in [5.41, 5.74) is -0.00315. The van der Waals surface area contributed by atoms with Crippen LogP contribution < -0.4 is 16.6 Å². The van der Waals surface area contributed by atoms with Crippen LogP contribution in [0.15, 0.2) is 51.0 Å². The predicted octanol–water partition coefficient (Wildman–Crippen LogP) is 1.69. The van der Waals surface area contributed by atoms with Crippen LogP contribution >= 0.6 is 11.3 Å². The number of anilines is 1. The van der Waals surface area contributed by atoms with Crippen LogP contribution in [0.5, 0.6) is 0 Å². The summed E-state index contributed by atoms with van der Waals surface area (Å²) >= 11 is 1.42. The molecule has 7 nitrogen and oxygen atoms in total. The SMILES string of the molecule is C=CCOC(=O)C1=C(C)Nc2[nH]c(=O)[nH]c(=O)c2C1c1cccs1. The summed E-state index contributed by atoms with van der Waals surface area (Å²) < 4.78 is 5.17. The van der Waals surface area contributed by atoms with Gasteiger partial charge in [-0.15, -0.1) is 11.3 Å². The highest BCUT2D eigenvalue weighted by atomic mass is 32.1. The Bertz CT molecular complexity index is 937. The van der Waals surface area contributed by atoms with E-state index in [2.05, 4.69) is 21.9 Å². The normalized spacial score (nSPS) is 16.3. The molecule has 0 fully saturated rings. The molecule has 1 aliphatic heterocycles. The number of H-pyrrole nitrogens is 2. The maximum absolute atomic E-state index is 12.5. The number of allylic oxidation sites excluding steroid dienone is 1. The maximum Gasteiger partial charge on any atom is 0.337 e. The molecule has 0 bridgehead atoms. The standard InChI is InChI=1S/C16H15N3O4S/c1-3-6-23-15(21)10-8(2)17-13-12(14(20)19-16(22)18-13)11(10)9-5-4-7-24-9/h3-5,7,11H,1,6H2,2H3,(H3,17,18,19,20,22). The lowest BCUT2D eigenvalue weighted by Gasteiger charge is -2.27. The second-order valence-corrected chi connectivity index (χ2v) is 6.18. The Kier molecular flexibility index (Phi) is 4.22. The maximum atomic E-state index is 12.5. The lowest BCUT2D eigenvalue weighted by molar-refractivity contribution is -0.138. The van der Waals surface area contributed by atoms with Gasteiger partial charge in [-0.2, -0.15) is 0 Å². The summed E-state index contributed by atoms with van der Waals surface area (Å²) in [6.45, 7) is 5.30. The number of esters is 1. The molecule has 1 atom stereocenters. The zero-order chi connectivity index (χ0) is 17.3. The van der Waals surface area contributed by atoms with Crippen LogP contribution in [0.4, 0.5) is 5.82 Å². The molecule has 2 aromatic heterocycles. The van der Waals surface area contributed by atoms with Crippen LogP contribution in [-0.2, 0) is 9.53 Å². The van der Waals surface area contributed by atoms with E-state index in [1.54, 1.807) is 6.92 Å². The van der Waals surface area contributed by atoms with Crippen molar-refractivity contribution in [2.75, 3.05) is 11.9 Å². The molecule has 1 unspecified atom stereocenters. The zero-order valence-electron chi connectivity index (χ0n) is 12.8. The Morgan fingerprint density at radius 3 is 2.88 bits per heavy atom. The Balaban J connectivity index is 2.21. The number of ether oxygens (including phenoxy) is 1. The van der Waals surface area contributed by atoms with Gasteiger partial charge in [0.15, 0.2) is 0 Å². The number of nitrogens with one attached hydrogen (secondary N) is 3. The van der Waals surface area contributed by atoms with E-state index in [9.17, 15) is 14.4 Å². The largest absolute Gasteiger partial charge is 0.458 e. The van der Waals surface area contributed by atoms with Gasteiger partial charge in [0.1, 0.15) is 12.4 Å². The van der Waals surface area contributed by atoms with Gasteiger partial charge in [-0.1, -0.05) is 18.7 Å². The zero-order valence-corrected chi connectivity index (χ0v) is 13.7. The number of rotatable bonds is 4. The predicted molar refractivity (Wildman–Crippen MR) is 91.3 cm³/mol. The fourth-order valence-corrected chi connectivity index (χ4v) is 3.55. The van der Waals surface area contributed by atoms with E-state index >= 15 is 0 Å². The molecule has 1 aliphatic rings. The molecular weight excluding hydrogens is 330 g/mol. The van der Waals surface area contributed by atoms with Crippen molar-refractivity contribution in [3.05, 3.63) is 72.7 Å². The monoisotopic (exact) mass is 345 g/mol. The van der Waals surface area contributed by atoms with E-state index in [1.165, 1.54) is 17.4 Å². The Labute approximate surface area is 140 Å². The lowest BCUT2D eigenvalue weighted by atomic mass is 9.86. The van der Waals surface area contributed by atoms with Crippen molar-refractivity contribution in [1.82, 2.24) is 9.97 Å². The van der Waals surface area contributed by atoms with Crippen LogP contribution in [0.3, 0.4) is 0 Å². The molecule has 0 radical (unpaired) electrons. The number of carbonyl (C=O) groups excluding carboxylic acids is 1. The van der Waals surface area contributed by atoms with Crippen molar-refractivity contribution in [2.24, 2.45) is 0 Å². The third-order valence-electron chi connectivity index (χ3n) is 3.65. The second-order valence-electron chi connectivity index (χ2n) is 5.20. The number of fused-ring (bicyclic) bond motifs is 1. The van der Waals surface area contributed by atoms with Gasteiger partial charge in [0, 0.05) is 10.6 Å². The Hall–Kier alpha value is -2.87. The van der Waals surface area contributed by atoms with Gasteiger partial charge in [-0.25, -0.2) is 9.59 Å². The average Bonchev–Trinajstić information content (AvgIpc) is 3.05. The van der Waals surface area contributed by atoms with Gasteiger partial charge in [-0.3, -0.25) is 14.8 Å². The smallest absolute Gasteiger partial charge is 0.337 e. The van der Waals surface area contributed by atoms with E-state index in [4.69, 9.17) is 4.74 Å². The van der Waals surface area contributed by atoms with Crippen LogP contribution in [0, 0.1) is 0 Å². The van der Waals surface area contributed by atoms with E-state index in [0.29, 0.717) is 17.1 Å². The van der Waals surface area contributed by atoms with E-state index in [-0.39, 0.29) is 12.2 Å². The molecule has 0 aromatic carbocycles. The molecular formula is C16H15N3O4S. The third-order valence-corrected chi connectivity index (χ3v) is 4.59. The minimum atomic E-state index is -0.612. The summed E-state index contributed by atoms with van der Waals surface area (Å²) in [6, 6.07) is 3.67. The summed E-state index contributed by atoms with van der Waals surface area (Å²) in [6.07, 6.45) is 1.47. The van der Waals surface area contributed by atoms with E-state index in [1.807, 2.05) is 17.5 Å². The van der Waals surface area contributed by atoms with Crippen molar-refractivity contribution >= 4 is 23.1 Å². The van der Waals surface area contributed by atoms with Crippen molar-refractivity contribution < 1.29 is 9.53 Å². The summed E-state index contributed by atoms with van der Waals surface area (Å²) in [5.74, 6) is -0.853. The van der Waals surface area contributed by atoms with Gasteiger partial charge in [0.25, 0.3) is 5.56 Å². The number of thiophene rings is 1. The number of carbonyl (C=O) groups is 1. The van der Waals surface area contributed by atoms with Gasteiger partial charge < -0.3 is 10.1 Å². The van der Waals surface area contributed by atoms with Crippen LogP contribution in [0.2, 0.25) is 0 Å². The molecule has 3 rings (SSSR count). The van der Waals surface area contributed by atoms with Crippen molar-refractivity contribution in [1.29, 1.82) is 0 Å². The number of hydrogen-bond acceptors (Lipinski definition) is 6. The molecule has 3 heterocycles. The van der Waals surface area contributed by atoms with Crippen molar-refractivity contribution in [3.63, 3.8) is 0 Å². The Morgan fingerprint density at radius 2 is 2.21 bits per heavy atom. The first kappa shape index (κ1) is 16.0. The minimum Gasteiger partial charge on any atom is -0.458 e. The second kappa shape index (κ2) is 6.32. The van der Waals surface area contributed by atoms with Crippen molar-refractivity contribution in [3.8, 4) is 0 Å². The highest BCUT2D eigenvalue weighted by Gasteiger charge is 2.36. The first-order valence-electron chi connectivity index (χ1n) is 7.18. The first-order chi connectivity index (χ1) is 11.5. The molecule has 124 valence electrons. The van der Waals surface area contributed by atoms with Gasteiger partial charge in [0.05, 0.1) is 17.1 Å². The molecule has 0 saturated heterocycles. The minimum absolute atomic E-state index is 0.0710. The van der Waals surface area contributed by atoms with E-state index < -0.39 is 23.1 Å². The summed E-state index contributed by atoms with van der Waals surface area (Å²) in [4.78, 5) is 42.0. The van der Waals surface area contributed by atoms with Crippen LogP contribution in [0.1, 0.15) is 23.3 Å². The molecule has 2 aromatic rings. The lowest BCUT2D eigenvalue weighted by Crippen LogP contribution is -2.34. The highest BCUT2D eigenvalue weighted by molar-refractivity contribution is 7.10. The van der Waals surface area contributed by atoms with Crippen LogP contribution in [-0.4, -0.2) is 22.5 Å². The molecule has 24 heavy (non-hydrogen) atoms. The van der Waals surface area contributed by atoms with Gasteiger partial charge >= 0.3 is 11.7 Å².